The zero-order chi connectivity index (χ0) is 14.0. The maximum absolute atomic E-state index is 9.21. The number of nitrogens with zero attached hydrogens (tertiary/aromatic N) is 3. The number of nitrogen functional groups attached to an aromatic ring is 1. The highest BCUT2D eigenvalue weighted by atomic mass is 32.2. The molecule has 19 heavy (non-hydrogen) atoms. The van der Waals surface area contributed by atoms with E-state index in [0.717, 1.165) is 10.8 Å². The number of benzene rings is 1. The van der Waals surface area contributed by atoms with Crippen molar-refractivity contribution in [3.63, 3.8) is 0 Å². The number of imidazole rings is 1. The maximum atomic E-state index is 9.21. The van der Waals surface area contributed by atoms with E-state index in [1.165, 1.54) is 17.3 Å². The van der Waals surface area contributed by atoms with Crippen LogP contribution in [0.4, 0.5) is 5.82 Å². The van der Waals surface area contributed by atoms with Crippen molar-refractivity contribution in [3.8, 4) is 11.8 Å². The first-order chi connectivity index (χ1) is 9.08. The molecule has 0 aliphatic carbocycles. The first-order valence-corrected chi connectivity index (χ1v) is 7.23. The van der Waals surface area contributed by atoms with Gasteiger partial charge in [-0.05, 0) is 29.9 Å². The second-order valence-corrected chi connectivity index (χ2v) is 5.30. The van der Waals surface area contributed by atoms with E-state index in [4.69, 9.17) is 5.73 Å². The van der Waals surface area contributed by atoms with Crippen LogP contribution in [-0.2, 0) is 0 Å². The normalized spacial score (nSPS) is 10.7. The van der Waals surface area contributed by atoms with Gasteiger partial charge in [-0.2, -0.15) is 5.26 Å². The number of hydrogen-bond donors (Lipinski definition) is 1. The van der Waals surface area contributed by atoms with Gasteiger partial charge in [0.15, 0.2) is 16.7 Å². The molecule has 0 aliphatic rings. The number of rotatable bonds is 3. The van der Waals surface area contributed by atoms with E-state index in [-0.39, 0.29) is 5.82 Å². The Morgan fingerprint density at radius 2 is 1.95 bits per heavy atom. The summed E-state index contributed by atoms with van der Waals surface area (Å²) < 4.78 is 1.80. The SMILES string of the molecule is CSc1nc(N)c(C#N)n1-c1ccc(C(C)C)cc1. The van der Waals surface area contributed by atoms with E-state index >= 15 is 0 Å². The van der Waals surface area contributed by atoms with Gasteiger partial charge in [0.05, 0.1) is 0 Å². The van der Waals surface area contributed by atoms with E-state index in [1.807, 2.05) is 18.4 Å². The monoisotopic (exact) mass is 272 g/mol. The zero-order valence-corrected chi connectivity index (χ0v) is 12.0. The molecule has 1 heterocycles. The molecule has 0 unspecified atom stereocenters. The molecular weight excluding hydrogens is 256 g/mol. The highest BCUT2D eigenvalue weighted by Gasteiger charge is 2.15. The van der Waals surface area contributed by atoms with Gasteiger partial charge < -0.3 is 5.73 Å². The molecule has 2 N–H and O–H groups in total. The number of aromatic nitrogens is 2. The van der Waals surface area contributed by atoms with E-state index in [0.29, 0.717) is 11.6 Å². The van der Waals surface area contributed by atoms with Crippen LogP contribution in [0.2, 0.25) is 0 Å². The van der Waals surface area contributed by atoms with Crippen LogP contribution in [0.3, 0.4) is 0 Å². The molecule has 0 amide bonds. The topological polar surface area (TPSA) is 67.6 Å². The first-order valence-electron chi connectivity index (χ1n) is 6.01. The Hall–Kier alpha value is -1.93. The Labute approximate surface area is 117 Å². The van der Waals surface area contributed by atoms with Crippen molar-refractivity contribution < 1.29 is 0 Å². The van der Waals surface area contributed by atoms with E-state index in [1.54, 1.807) is 4.57 Å². The van der Waals surface area contributed by atoms with Crippen LogP contribution in [0, 0.1) is 11.3 Å². The molecule has 0 spiro atoms. The summed E-state index contributed by atoms with van der Waals surface area (Å²) in [6.07, 6.45) is 1.92. The minimum Gasteiger partial charge on any atom is -0.381 e. The van der Waals surface area contributed by atoms with Crippen LogP contribution in [-0.4, -0.2) is 15.8 Å². The third kappa shape index (κ3) is 2.45. The molecule has 98 valence electrons. The van der Waals surface area contributed by atoms with Gasteiger partial charge in [-0.3, -0.25) is 4.57 Å². The molecule has 0 saturated heterocycles. The van der Waals surface area contributed by atoms with Crippen molar-refractivity contribution in [2.24, 2.45) is 0 Å². The van der Waals surface area contributed by atoms with Crippen molar-refractivity contribution in [2.45, 2.75) is 24.9 Å². The molecule has 1 aromatic heterocycles. The Bertz CT molecular complexity index is 620. The van der Waals surface area contributed by atoms with Gasteiger partial charge in [0.1, 0.15) is 6.07 Å². The highest BCUT2D eigenvalue weighted by molar-refractivity contribution is 7.98. The number of anilines is 1. The fraction of sp³-hybridized carbons (Fsp3) is 0.286. The maximum Gasteiger partial charge on any atom is 0.175 e. The predicted octanol–water partition coefficient (Wildman–Crippen LogP) is 3.17. The summed E-state index contributed by atoms with van der Waals surface area (Å²) in [5.41, 5.74) is 8.34. The Morgan fingerprint density at radius 3 is 2.42 bits per heavy atom. The molecule has 2 rings (SSSR count). The van der Waals surface area contributed by atoms with Crippen LogP contribution in [0.15, 0.2) is 29.4 Å². The number of thioether (sulfide) groups is 1. The molecule has 0 radical (unpaired) electrons. The summed E-state index contributed by atoms with van der Waals surface area (Å²) in [5, 5.41) is 9.94. The lowest BCUT2D eigenvalue weighted by Gasteiger charge is -2.10. The Kier molecular flexibility index (Phi) is 3.82. The number of hydrogen-bond acceptors (Lipinski definition) is 4. The predicted molar refractivity (Wildman–Crippen MR) is 78.6 cm³/mol. The smallest absolute Gasteiger partial charge is 0.175 e. The van der Waals surface area contributed by atoms with Crippen LogP contribution >= 0.6 is 11.8 Å². The molecule has 2 aromatic rings. The standard InChI is InChI=1S/C14H16N4S/c1-9(2)10-4-6-11(7-5-10)18-12(8-15)13(16)17-14(18)19-3/h4-7,9H,16H2,1-3H3. The van der Waals surface area contributed by atoms with Gasteiger partial charge in [0, 0.05) is 5.69 Å². The molecular formula is C14H16N4S. The summed E-state index contributed by atoms with van der Waals surface area (Å²) >= 11 is 1.47. The largest absolute Gasteiger partial charge is 0.381 e. The molecule has 0 atom stereocenters. The van der Waals surface area contributed by atoms with Crippen LogP contribution in [0.5, 0.6) is 0 Å². The Morgan fingerprint density at radius 1 is 1.32 bits per heavy atom. The average Bonchev–Trinajstić information content (AvgIpc) is 2.74. The Balaban J connectivity index is 2.55. The van der Waals surface area contributed by atoms with Gasteiger partial charge in [-0.25, -0.2) is 4.98 Å². The van der Waals surface area contributed by atoms with E-state index in [9.17, 15) is 5.26 Å². The van der Waals surface area contributed by atoms with Gasteiger partial charge in [-0.15, -0.1) is 0 Å². The van der Waals surface area contributed by atoms with Gasteiger partial charge in [0.25, 0.3) is 0 Å². The zero-order valence-electron chi connectivity index (χ0n) is 11.2. The molecule has 0 saturated carbocycles. The van der Waals surface area contributed by atoms with Crippen LogP contribution in [0.25, 0.3) is 5.69 Å². The van der Waals surface area contributed by atoms with Crippen molar-refractivity contribution >= 4 is 17.6 Å². The summed E-state index contributed by atoms with van der Waals surface area (Å²) in [4.78, 5) is 4.22. The summed E-state index contributed by atoms with van der Waals surface area (Å²) in [7, 11) is 0. The minimum absolute atomic E-state index is 0.278. The average molecular weight is 272 g/mol. The molecule has 5 heteroatoms. The van der Waals surface area contributed by atoms with Crippen molar-refractivity contribution in [3.05, 3.63) is 35.5 Å². The van der Waals surface area contributed by atoms with E-state index < -0.39 is 0 Å². The fourth-order valence-electron chi connectivity index (χ4n) is 1.91. The van der Waals surface area contributed by atoms with Crippen LogP contribution < -0.4 is 5.73 Å². The molecule has 0 bridgehead atoms. The lowest BCUT2D eigenvalue weighted by Crippen LogP contribution is -2.00. The summed E-state index contributed by atoms with van der Waals surface area (Å²) in [5.74, 6) is 0.761. The minimum atomic E-state index is 0.278. The second kappa shape index (κ2) is 5.37. The molecule has 0 aliphatic heterocycles. The van der Waals surface area contributed by atoms with Crippen molar-refractivity contribution in [1.29, 1.82) is 5.26 Å². The first kappa shape index (κ1) is 13.5. The lowest BCUT2D eigenvalue weighted by atomic mass is 10.0. The van der Waals surface area contributed by atoms with Crippen molar-refractivity contribution in [1.82, 2.24) is 9.55 Å². The summed E-state index contributed by atoms with van der Waals surface area (Å²) in [6, 6.07) is 10.3. The number of nitriles is 1. The number of nitrogens with two attached hydrogens (primary N) is 1. The quantitative estimate of drug-likeness (QED) is 0.871. The highest BCUT2D eigenvalue weighted by Crippen LogP contribution is 2.26. The lowest BCUT2D eigenvalue weighted by molar-refractivity contribution is 0.856. The second-order valence-electron chi connectivity index (χ2n) is 4.53. The molecule has 4 nitrogen and oxygen atoms in total. The third-order valence-corrected chi connectivity index (χ3v) is 3.62. The van der Waals surface area contributed by atoms with Gasteiger partial charge >= 0.3 is 0 Å². The van der Waals surface area contributed by atoms with Gasteiger partial charge in [-0.1, -0.05) is 37.7 Å². The van der Waals surface area contributed by atoms with Crippen molar-refractivity contribution in [2.75, 3.05) is 12.0 Å². The summed E-state index contributed by atoms with van der Waals surface area (Å²) in [6.45, 7) is 4.30. The molecule has 1 aromatic carbocycles. The van der Waals surface area contributed by atoms with Gasteiger partial charge in [0.2, 0.25) is 0 Å². The fourth-order valence-corrected chi connectivity index (χ4v) is 2.48. The van der Waals surface area contributed by atoms with Crippen LogP contribution in [0.1, 0.15) is 31.0 Å². The molecule has 0 fully saturated rings. The third-order valence-electron chi connectivity index (χ3n) is 2.98. The van der Waals surface area contributed by atoms with E-state index in [2.05, 4.69) is 37.0 Å².